The maximum atomic E-state index is 12.0. The molecule has 1 N–H and O–H groups in total. The summed E-state index contributed by atoms with van der Waals surface area (Å²) in [5.74, 6) is 2.19. The number of fused-ring (bicyclic) bond motifs is 1. The highest BCUT2D eigenvalue weighted by molar-refractivity contribution is 5.94. The van der Waals surface area contributed by atoms with Gasteiger partial charge in [-0.3, -0.25) is 4.79 Å². The zero-order valence-corrected chi connectivity index (χ0v) is 20.0. The number of hydrogen-bond acceptors (Lipinski definition) is 9. The number of nitrogens with one attached hydrogen (secondary N) is 1. The number of amides is 1. The van der Waals surface area contributed by atoms with E-state index in [0.29, 0.717) is 42.2 Å². The summed E-state index contributed by atoms with van der Waals surface area (Å²) in [6, 6.07) is 7.60. The van der Waals surface area contributed by atoms with Gasteiger partial charge in [-0.15, -0.1) is 0 Å². The van der Waals surface area contributed by atoms with Gasteiger partial charge in [0.05, 0.1) is 42.5 Å². The highest BCUT2D eigenvalue weighted by Crippen LogP contribution is 2.31. The first kappa shape index (κ1) is 22.7. The second-order valence-corrected chi connectivity index (χ2v) is 8.40. The second-order valence-electron chi connectivity index (χ2n) is 8.40. The number of nitrogens with zero attached hydrogens (tertiary/aromatic N) is 7. The van der Waals surface area contributed by atoms with E-state index < -0.39 is 0 Å². The first-order valence-corrected chi connectivity index (χ1v) is 11.3. The molecule has 5 rings (SSSR count). The van der Waals surface area contributed by atoms with E-state index in [-0.39, 0.29) is 18.6 Å². The van der Waals surface area contributed by atoms with Crippen LogP contribution in [0.3, 0.4) is 0 Å². The summed E-state index contributed by atoms with van der Waals surface area (Å²) in [5.41, 5.74) is 3.66. The van der Waals surface area contributed by atoms with E-state index in [0.717, 1.165) is 22.5 Å². The molecule has 4 aromatic rings. The van der Waals surface area contributed by atoms with Crippen molar-refractivity contribution < 1.29 is 14.3 Å². The van der Waals surface area contributed by atoms with E-state index in [1.165, 1.54) is 0 Å². The maximum absolute atomic E-state index is 12.0. The second kappa shape index (κ2) is 9.26. The minimum Gasteiger partial charge on any atom is -0.479 e. The molecule has 0 saturated carbocycles. The van der Waals surface area contributed by atoms with Gasteiger partial charge in [0.2, 0.25) is 11.8 Å². The fourth-order valence-electron chi connectivity index (χ4n) is 4.19. The van der Waals surface area contributed by atoms with Crippen LogP contribution in [-0.2, 0) is 9.53 Å². The van der Waals surface area contributed by atoms with Gasteiger partial charge in [-0.05, 0) is 45.0 Å². The van der Waals surface area contributed by atoms with Crippen LogP contribution in [0.25, 0.3) is 22.4 Å². The van der Waals surface area contributed by atoms with Crippen molar-refractivity contribution in [1.82, 2.24) is 29.5 Å². The lowest BCUT2D eigenvalue weighted by Crippen LogP contribution is -2.41. The molecule has 0 aliphatic carbocycles. The summed E-state index contributed by atoms with van der Waals surface area (Å²) in [6.07, 6.45) is 3.31. The summed E-state index contributed by atoms with van der Waals surface area (Å²) >= 11 is 0. The van der Waals surface area contributed by atoms with E-state index in [4.69, 9.17) is 9.47 Å². The van der Waals surface area contributed by atoms with Crippen LogP contribution in [0, 0.1) is 6.92 Å². The SMILES string of the molecule is COc1nc(-c2ccnc(Nc3ccc(N4CCOCC4=O)cn3)n2)cc2c1nc(C)n2C(C)C. The summed E-state index contributed by atoms with van der Waals surface area (Å²) in [5, 5.41) is 3.12. The van der Waals surface area contributed by atoms with Gasteiger partial charge >= 0.3 is 0 Å². The normalized spacial score (nSPS) is 14.1. The fraction of sp³-hybridized carbons (Fsp3) is 0.333. The summed E-state index contributed by atoms with van der Waals surface area (Å²) in [4.78, 5) is 36.4. The maximum Gasteiger partial charge on any atom is 0.253 e. The Balaban J connectivity index is 1.43. The van der Waals surface area contributed by atoms with Crippen molar-refractivity contribution in [3.63, 3.8) is 0 Å². The van der Waals surface area contributed by atoms with E-state index >= 15 is 0 Å². The van der Waals surface area contributed by atoms with E-state index in [1.54, 1.807) is 36.5 Å². The number of anilines is 3. The van der Waals surface area contributed by atoms with E-state index in [2.05, 4.69) is 48.7 Å². The molecule has 1 aliphatic rings. The topological polar surface area (TPSA) is 120 Å². The molecule has 11 nitrogen and oxygen atoms in total. The van der Waals surface area contributed by atoms with Crippen LogP contribution >= 0.6 is 0 Å². The number of carbonyl (C=O) groups excluding carboxylic acids is 1. The van der Waals surface area contributed by atoms with Crippen LogP contribution in [0.4, 0.5) is 17.5 Å². The average molecular weight is 475 g/mol. The molecule has 0 radical (unpaired) electrons. The van der Waals surface area contributed by atoms with Crippen molar-refractivity contribution in [2.75, 3.05) is 37.1 Å². The van der Waals surface area contributed by atoms with E-state index in [1.807, 2.05) is 19.1 Å². The van der Waals surface area contributed by atoms with Crippen LogP contribution in [0.2, 0.25) is 0 Å². The standard InChI is InChI=1S/C24H26N8O3/c1-14(2)32-15(3)27-22-19(32)11-18(28-23(22)34-4)17-7-8-25-24(29-17)30-20-6-5-16(12-26-20)31-9-10-35-13-21(31)33/h5-8,11-12,14H,9-10,13H2,1-4H3,(H,25,26,29,30). The van der Waals surface area contributed by atoms with Gasteiger partial charge in [0, 0.05) is 18.8 Å². The number of aryl methyl sites for hydroxylation is 1. The molecule has 0 aromatic carbocycles. The molecule has 35 heavy (non-hydrogen) atoms. The van der Waals surface area contributed by atoms with Gasteiger partial charge < -0.3 is 24.3 Å². The van der Waals surface area contributed by atoms with Gasteiger partial charge in [-0.2, -0.15) is 0 Å². The monoisotopic (exact) mass is 474 g/mol. The lowest BCUT2D eigenvalue weighted by atomic mass is 10.2. The molecule has 1 fully saturated rings. The first-order chi connectivity index (χ1) is 16.9. The number of rotatable bonds is 6. The van der Waals surface area contributed by atoms with Crippen molar-refractivity contribution in [1.29, 1.82) is 0 Å². The lowest BCUT2D eigenvalue weighted by molar-refractivity contribution is -0.125. The van der Waals surface area contributed by atoms with Gasteiger partial charge in [0.15, 0.2) is 5.52 Å². The van der Waals surface area contributed by atoms with Crippen molar-refractivity contribution in [3.05, 3.63) is 42.5 Å². The number of methoxy groups -OCH3 is 1. The Kier molecular flexibility index (Phi) is 6.00. The zero-order chi connectivity index (χ0) is 24.5. The third-order valence-corrected chi connectivity index (χ3v) is 5.74. The molecule has 1 saturated heterocycles. The number of morpholine rings is 1. The van der Waals surface area contributed by atoms with Crippen molar-refractivity contribution >= 4 is 34.4 Å². The Hall–Kier alpha value is -4.12. The number of ether oxygens (including phenoxy) is 2. The molecule has 0 atom stereocenters. The summed E-state index contributed by atoms with van der Waals surface area (Å²) in [7, 11) is 1.59. The molecule has 1 amide bonds. The van der Waals surface area contributed by atoms with Gasteiger partial charge in [-0.1, -0.05) is 0 Å². The smallest absolute Gasteiger partial charge is 0.253 e. The van der Waals surface area contributed by atoms with Crippen molar-refractivity contribution in [2.24, 2.45) is 0 Å². The van der Waals surface area contributed by atoms with Gasteiger partial charge in [-0.25, -0.2) is 24.9 Å². The largest absolute Gasteiger partial charge is 0.479 e. The predicted molar refractivity (Wildman–Crippen MR) is 131 cm³/mol. The molecule has 0 bridgehead atoms. The third-order valence-electron chi connectivity index (χ3n) is 5.74. The fourth-order valence-corrected chi connectivity index (χ4v) is 4.19. The number of pyridine rings is 2. The van der Waals surface area contributed by atoms with Gasteiger partial charge in [0.25, 0.3) is 5.91 Å². The quantitative estimate of drug-likeness (QED) is 0.449. The highest BCUT2D eigenvalue weighted by atomic mass is 16.5. The Morgan fingerprint density at radius 3 is 2.69 bits per heavy atom. The number of hydrogen-bond donors (Lipinski definition) is 1. The zero-order valence-electron chi connectivity index (χ0n) is 20.0. The molecular formula is C24H26N8O3. The molecule has 0 unspecified atom stereocenters. The van der Waals surface area contributed by atoms with Crippen molar-refractivity contribution in [2.45, 2.75) is 26.8 Å². The number of carbonyl (C=O) groups is 1. The highest BCUT2D eigenvalue weighted by Gasteiger charge is 2.21. The van der Waals surface area contributed by atoms with Crippen LogP contribution in [0.5, 0.6) is 5.88 Å². The average Bonchev–Trinajstić information content (AvgIpc) is 3.20. The predicted octanol–water partition coefficient (Wildman–Crippen LogP) is 3.29. The van der Waals surface area contributed by atoms with Crippen LogP contribution in [0.1, 0.15) is 25.7 Å². The minimum atomic E-state index is -0.0799. The van der Waals surface area contributed by atoms with Crippen LogP contribution in [-0.4, -0.2) is 62.3 Å². The summed E-state index contributed by atoms with van der Waals surface area (Å²) < 4.78 is 12.9. The Labute approximate surface area is 202 Å². The Morgan fingerprint density at radius 1 is 1.11 bits per heavy atom. The molecule has 11 heteroatoms. The third kappa shape index (κ3) is 4.37. The van der Waals surface area contributed by atoms with Crippen LogP contribution in [0.15, 0.2) is 36.7 Å². The Bertz CT molecular complexity index is 1380. The minimum absolute atomic E-state index is 0.0799. The van der Waals surface area contributed by atoms with Crippen LogP contribution < -0.4 is 15.0 Å². The molecule has 4 aromatic heterocycles. The Morgan fingerprint density at radius 2 is 1.97 bits per heavy atom. The molecular weight excluding hydrogens is 448 g/mol. The lowest BCUT2D eigenvalue weighted by Gasteiger charge is -2.26. The molecule has 5 heterocycles. The molecule has 1 aliphatic heterocycles. The molecule has 0 spiro atoms. The van der Waals surface area contributed by atoms with Crippen molar-refractivity contribution in [3.8, 4) is 17.3 Å². The van der Waals surface area contributed by atoms with Gasteiger partial charge in [0.1, 0.15) is 18.2 Å². The van der Waals surface area contributed by atoms with E-state index in [9.17, 15) is 4.79 Å². The first-order valence-electron chi connectivity index (χ1n) is 11.3. The molecule has 180 valence electrons. The summed E-state index contributed by atoms with van der Waals surface area (Å²) in [6.45, 7) is 7.30. The number of imidazole rings is 1. The number of aromatic nitrogens is 6.